The highest BCUT2D eigenvalue weighted by Gasteiger charge is 2.08. The molecule has 2 rings (SSSR count). The maximum atomic E-state index is 10.8. The molecule has 0 aliphatic heterocycles. The monoisotopic (exact) mass is 294 g/mol. The summed E-state index contributed by atoms with van der Waals surface area (Å²) in [5, 5.41) is 13.6. The summed E-state index contributed by atoms with van der Waals surface area (Å²) in [6.07, 6.45) is 0. The molecular weight excluding hydrogens is 284 g/mol. The number of hydrazone groups is 1. The van der Waals surface area contributed by atoms with E-state index in [1.807, 2.05) is 18.2 Å². The van der Waals surface area contributed by atoms with Crippen LogP contribution in [0.15, 0.2) is 41.5 Å². The summed E-state index contributed by atoms with van der Waals surface area (Å²) in [5.74, 6) is -0.928. The van der Waals surface area contributed by atoms with E-state index >= 15 is 0 Å². The highest BCUT2D eigenvalue weighted by molar-refractivity contribution is 7.15. The van der Waals surface area contributed by atoms with Crippen molar-refractivity contribution in [2.24, 2.45) is 5.10 Å². The normalized spacial score (nSPS) is 11.4. The van der Waals surface area contributed by atoms with E-state index in [2.05, 4.69) is 10.5 Å². The molecule has 0 spiro atoms. The number of carboxylic acid groups (broad SMARTS) is 1. The Morgan fingerprint density at radius 3 is 2.58 bits per heavy atom. The largest absolute Gasteiger partial charge is 0.477 e. The molecule has 6 heteroatoms. The molecule has 0 radical (unpaired) electrons. The summed E-state index contributed by atoms with van der Waals surface area (Å²) >= 11 is 7.18. The maximum absolute atomic E-state index is 10.8. The number of anilines is 1. The first-order valence-electron chi connectivity index (χ1n) is 5.46. The van der Waals surface area contributed by atoms with Gasteiger partial charge in [0.1, 0.15) is 4.88 Å². The van der Waals surface area contributed by atoms with Crippen molar-refractivity contribution in [3.8, 4) is 0 Å². The van der Waals surface area contributed by atoms with Crippen LogP contribution in [0.5, 0.6) is 0 Å². The zero-order chi connectivity index (χ0) is 13.8. The molecule has 4 nitrogen and oxygen atoms in total. The fourth-order valence-corrected chi connectivity index (χ4v) is 2.37. The number of hydrogen-bond donors (Lipinski definition) is 2. The Bertz CT molecular complexity index is 637. The third-order valence-corrected chi connectivity index (χ3v) is 3.90. The van der Waals surface area contributed by atoms with Gasteiger partial charge in [0.15, 0.2) is 0 Å². The van der Waals surface area contributed by atoms with Gasteiger partial charge in [-0.05, 0) is 31.2 Å². The van der Waals surface area contributed by atoms with Gasteiger partial charge in [0.05, 0.1) is 21.3 Å². The Labute approximate surface area is 119 Å². The molecule has 0 saturated carbocycles. The van der Waals surface area contributed by atoms with Crippen LogP contribution in [0.2, 0.25) is 5.02 Å². The molecule has 0 atom stereocenters. The predicted molar refractivity (Wildman–Crippen MR) is 78.6 cm³/mol. The van der Waals surface area contributed by atoms with Gasteiger partial charge in [-0.3, -0.25) is 5.43 Å². The van der Waals surface area contributed by atoms with E-state index < -0.39 is 5.97 Å². The second-order valence-corrected chi connectivity index (χ2v) is 5.25. The number of carboxylic acids is 1. The van der Waals surface area contributed by atoms with Crippen LogP contribution >= 0.6 is 22.9 Å². The summed E-state index contributed by atoms with van der Waals surface area (Å²) in [7, 11) is 0. The third-order valence-electron chi connectivity index (χ3n) is 2.39. The molecule has 0 bridgehead atoms. The number of nitrogens with zero attached hydrogens (tertiary/aromatic N) is 1. The SMILES string of the molecule is C/C(=N/Nc1ccccc1Cl)c1ccc(C(=O)O)s1. The van der Waals surface area contributed by atoms with Gasteiger partial charge < -0.3 is 5.11 Å². The first-order chi connectivity index (χ1) is 9.08. The molecule has 0 aliphatic rings. The quantitative estimate of drug-likeness (QED) is 0.663. The molecule has 19 heavy (non-hydrogen) atoms. The lowest BCUT2D eigenvalue weighted by Crippen LogP contribution is -1.97. The molecule has 0 saturated heterocycles. The lowest BCUT2D eigenvalue weighted by atomic mass is 10.3. The molecule has 2 N–H and O–H groups in total. The minimum atomic E-state index is -0.928. The summed E-state index contributed by atoms with van der Waals surface area (Å²) < 4.78 is 0. The number of thiophene rings is 1. The molecule has 0 amide bonds. The summed E-state index contributed by atoms with van der Waals surface area (Å²) in [6, 6.07) is 10.6. The van der Waals surface area contributed by atoms with Gasteiger partial charge in [0.2, 0.25) is 0 Å². The van der Waals surface area contributed by atoms with E-state index in [4.69, 9.17) is 16.7 Å². The molecule has 0 fully saturated rings. The lowest BCUT2D eigenvalue weighted by molar-refractivity contribution is 0.0702. The number of nitrogens with one attached hydrogen (secondary N) is 1. The van der Waals surface area contributed by atoms with Gasteiger partial charge in [-0.15, -0.1) is 11.3 Å². The van der Waals surface area contributed by atoms with E-state index in [-0.39, 0.29) is 0 Å². The number of para-hydroxylation sites is 1. The summed E-state index contributed by atoms with van der Waals surface area (Å²) in [5.41, 5.74) is 4.28. The molecule has 2 aromatic rings. The second kappa shape index (κ2) is 5.86. The standard InChI is InChI=1S/C13H11ClN2O2S/c1-8(11-6-7-12(19-11)13(17)18)15-16-10-5-3-2-4-9(10)14/h2-7,16H,1H3,(H,17,18)/b15-8-. The van der Waals surface area contributed by atoms with Crippen molar-refractivity contribution in [2.75, 3.05) is 5.43 Å². The zero-order valence-corrected chi connectivity index (χ0v) is 11.6. The molecule has 0 aliphatic carbocycles. The van der Waals surface area contributed by atoms with Gasteiger partial charge in [-0.2, -0.15) is 5.10 Å². The van der Waals surface area contributed by atoms with Crippen LogP contribution in [0.1, 0.15) is 21.5 Å². The Morgan fingerprint density at radius 2 is 1.95 bits per heavy atom. The molecule has 1 heterocycles. The smallest absolute Gasteiger partial charge is 0.345 e. The maximum Gasteiger partial charge on any atom is 0.345 e. The van der Waals surface area contributed by atoms with Gasteiger partial charge in [-0.25, -0.2) is 4.79 Å². The van der Waals surface area contributed by atoms with Crippen molar-refractivity contribution in [1.82, 2.24) is 0 Å². The summed E-state index contributed by atoms with van der Waals surface area (Å²) in [6.45, 7) is 1.81. The third kappa shape index (κ3) is 3.33. The Morgan fingerprint density at radius 1 is 1.26 bits per heavy atom. The highest BCUT2D eigenvalue weighted by atomic mass is 35.5. The van der Waals surface area contributed by atoms with Crippen molar-refractivity contribution in [2.45, 2.75) is 6.92 Å². The van der Waals surface area contributed by atoms with Crippen molar-refractivity contribution in [1.29, 1.82) is 0 Å². The van der Waals surface area contributed by atoms with Crippen molar-refractivity contribution >= 4 is 40.3 Å². The van der Waals surface area contributed by atoms with Gasteiger partial charge >= 0.3 is 5.97 Å². The summed E-state index contributed by atoms with van der Waals surface area (Å²) in [4.78, 5) is 11.9. The predicted octanol–water partition coefficient (Wildman–Crippen LogP) is 3.94. The minimum Gasteiger partial charge on any atom is -0.477 e. The zero-order valence-electron chi connectivity index (χ0n) is 10.1. The molecular formula is C13H11ClN2O2S. The Hall–Kier alpha value is -1.85. The van der Waals surface area contributed by atoms with E-state index in [0.717, 1.165) is 4.88 Å². The fourth-order valence-electron chi connectivity index (χ4n) is 1.40. The number of rotatable bonds is 4. The van der Waals surface area contributed by atoms with Crippen molar-refractivity contribution in [3.05, 3.63) is 51.2 Å². The van der Waals surface area contributed by atoms with Crippen LogP contribution in [0.4, 0.5) is 5.69 Å². The molecule has 0 unspecified atom stereocenters. The molecule has 1 aromatic carbocycles. The van der Waals surface area contributed by atoms with Crippen LogP contribution in [-0.2, 0) is 0 Å². The van der Waals surface area contributed by atoms with Crippen LogP contribution in [-0.4, -0.2) is 16.8 Å². The molecule has 1 aromatic heterocycles. The number of benzene rings is 1. The van der Waals surface area contributed by atoms with Crippen LogP contribution < -0.4 is 5.43 Å². The van der Waals surface area contributed by atoms with Crippen LogP contribution in [0.3, 0.4) is 0 Å². The lowest BCUT2D eigenvalue weighted by Gasteiger charge is -2.03. The highest BCUT2D eigenvalue weighted by Crippen LogP contribution is 2.21. The number of aromatic carboxylic acids is 1. The average Bonchev–Trinajstić information content (AvgIpc) is 2.87. The van der Waals surface area contributed by atoms with E-state index in [9.17, 15) is 4.79 Å². The van der Waals surface area contributed by atoms with Crippen LogP contribution in [0.25, 0.3) is 0 Å². The fraction of sp³-hybridized carbons (Fsp3) is 0.0769. The number of carbonyl (C=O) groups is 1. The number of hydrogen-bond acceptors (Lipinski definition) is 4. The van der Waals surface area contributed by atoms with E-state index in [1.54, 1.807) is 25.1 Å². The number of halogens is 1. The van der Waals surface area contributed by atoms with Crippen molar-refractivity contribution in [3.63, 3.8) is 0 Å². The Balaban J connectivity index is 2.15. The van der Waals surface area contributed by atoms with Crippen molar-refractivity contribution < 1.29 is 9.90 Å². The van der Waals surface area contributed by atoms with E-state index in [1.165, 1.54) is 11.3 Å². The molecule has 98 valence electrons. The van der Waals surface area contributed by atoms with Gasteiger partial charge in [0.25, 0.3) is 0 Å². The average molecular weight is 295 g/mol. The first kappa shape index (κ1) is 13.6. The van der Waals surface area contributed by atoms with E-state index in [0.29, 0.717) is 21.3 Å². The Kier molecular flexibility index (Phi) is 4.19. The minimum absolute atomic E-state index is 0.294. The van der Waals surface area contributed by atoms with Crippen LogP contribution in [0, 0.1) is 0 Å². The first-order valence-corrected chi connectivity index (χ1v) is 6.65. The van der Waals surface area contributed by atoms with Gasteiger partial charge in [0, 0.05) is 0 Å². The topological polar surface area (TPSA) is 61.7 Å². The van der Waals surface area contributed by atoms with Gasteiger partial charge in [-0.1, -0.05) is 23.7 Å². The second-order valence-electron chi connectivity index (χ2n) is 3.76.